The Morgan fingerprint density at radius 2 is 2.12 bits per heavy atom. The van der Waals surface area contributed by atoms with E-state index < -0.39 is 0 Å². The molecule has 0 saturated heterocycles. The van der Waals surface area contributed by atoms with E-state index in [1.807, 2.05) is 18.2 Å². The van der Waals surface area contributed by atoms with E-state index in [1.54, 1.807) is 6.20 Å². The molecule has 0 atom stereocenters. The number of nitrogens with one attached hydrogen (secondary N) is 1. The molecule has 4 heteroatoms. The van der Waals surface area contributed by atoms with Crippen molar-refractivity contribution in [1.82, 2.24) is 4.98 Å². The van der Waals surface area contributed by atoms with Gasteiger partial charge in [-0.15, -0.1) is 0 Å². The maximum absolute atomic E-state index is 5.74. The van der Waals surface area contributed by atoms with Crippen LogP contribution in [0.5, 0.6) is 5.75 Å². The first-order valence-corrected chi connectivity index (χ1v) is 5.97. The molecule has 2 rings (SSSR count). The number of rotatable bonds is 4. The predicted molar refractivity (Wildman–Crippen MR) is 68.8 cm³/mol. The van der Waals surface area contributed by atoms with Crippen LogP contribution in [0.3, 0.4) is 0 Å². The molecule has 17 heavy (non-hydrogen) atoms. The van der Waals surface area contributed by atoms with E-state index >= 15 is 0 Å². The summed E-state index contributed by atoms with van der Waals surface area (Å²) in [6.07, 6.45) is 1.72. The Labute approximate surface area is 105 Å². The van der Waals surface area contributed by atoms with Gasteiger partial charge in [-0.1, -0.05) is 32.0 Å². The van der Waals surface area contributed by atoms with E-state index in [1.165, 1.54) is 5.56 Å². The molecule has 0 aliphatic heterocycles. The summed E-state index contributed by atoms with van der Waals surface area (Å²) in [5.41, 5.74) is 1.20. The smallest absolute Gasteiger partial charge is 0.266 e. The predicted octanol–water partition coefficient (Wildman–Crippen LogP) is 4.04. The molecule has 0 aliphatic carbocycles. The molecule has 0 spiro atoms. The first kappa shape index (κ1) is 11.9. The van der Waals surface area contributed by atoms with Gasteiger partial charge in [0.05, 0.1) is 0 Å². The van der Waals surface area contributed by atoms with E-state index in [0.29, 0.717) is 23.1 Å². The largest absolute Gasteiger partial charge is 0.485 e. The quantitative estimate of drug-likeness (QED) is 0.831. The van der Waals surface area contributed by atoms with Gasteiger partial charge in [-0.3, -0.25) is 0 Å². The first-order valence-electron chi connectivity index (χ1n) is 5.56. The van der Waals surface area contributed by atoms with Gasteiger partial charge in [0.1, 0.15) is 12.4 Å². The summed E-state index contributed by atoms with van der Waals surface area (Å²) in [5.74, 6) is 2.03. The SMILES string of the molecule is CC(C)c1ccccc1OCc1c[nH]c(=S)o1. The van der Waals surface area contributed by atoms with E-state index in [-0.39, 0.29) is 0 Å². The van der Waals surface area contributed by atoms with E-state index in [0.717, 1.165) is 5.75 Å². The summed E-state index contributed by atoms with van der Waals surface area (Å²) < 4.78 is 11.0. The zero-order chi connectivity index (χ0) is 12.3. The van der Waals surface area contributed by atoms with Crippen LogP contribution >= 0.6 is 12.2 Å². The lowest BCUT2D eigenvalue weighted by Crippen LogP contribution is -1.98. The highest BCUT2D eigenvalue weighted by molar-refractivity contribution is 7.71. The summed E-state index contributed by atoms with van der Waals surface area (Å²) in [4.78, 5) is 3.19. The molecular formula is C13H15NO2S. The Hall–Kier alpha value is -1.55. The third kappa shape index (κ3) is 2.97. The molecule has 0 amide bonds. The fraction of sp³-hybridized carbons (Fsp3) is 0.308. The second-order valence-electron chi connectivity index (χ2n) is 4.13. The topological polar surface area (TPSA) is 38.2 Å². The molecule has 1 aromatic heterocycles. The number of aromatic nitrogens is 1. The number of aromatic amines is 1. The number of ether oxygens (including phenoxy) is 1. The second kappa shape index (κ2) is 5.19. The normalized spacial score (nSPS) is 10.8. The summed E-state index contributed by atoms with van der Waals surface area (Å²) in [6.45, 7) is 4.67. The highest BCUT2D eigenvalue weighted by atomic mass is 32.1. The Morgan fingerprint density at radius 3 is 2.76 bits per heavy atom. The molecule has 2 aromatic rings. The highest BCUT2D eigenvalue weighted by Crippen LogP contribution is 2.26. The monoisotopic (exact) mass is 249 g/mol. The van der Waals surface area contributed by atoms with Gasteiger partial charge in [-0.05, 0) is 29.8 Å². The van der Waals surface area contributed by atoms with Gasteiger partial charge in [-0.2, -0.15) is 0 Å². The van der Waals surface area contributed by atoms with Crippen LogP contribution in [-0.2, 0) is 6.61 Å². The Balaban J connectivity index is 2.11. The average Bonchev–Trinajstić information content (AvgIpc) is 2.73. The minimum Gasteiger partial charge on any atom is -0.485 e. The minimum absolute atomic E-state index is 0.376. The van der Waals surface area contributed by atoms with Crippen LogP contribution < -0.4 is 4.74 Å². The lowest BCUT2D eigenvalue weighted by molar-refractivity contribution is 0.265. The van der Waals surface area contributed by atoms with Gasteiger partial charge < -0.3 is 14.1 Å². The average molecular weight is 249 g/mol. The van der Waals surface area contributed by atoms with Crippen molar-refractivity contribution in [1.29, 1.82) is 0 Å². The molecule has 0 bridgehead atoms. The summed E-state index contributed by atoms with van der Waals surface area (Å²) >= 11 is 4.85. The molecule has 90 valence electrons. The third-order valence-electron chi connectivity index (χ3n) is 2.49. The molecule has 0 fully saturated rings. The van der Waals surface area contributed by atoms with Crippen molar-refractivity contribution < 1.29 is 9.15 Å². The summed E-state index contributed by atoms with van der Waals surface area (Å²) in [7, 11) is 0. The number of para-hydroxylation sites is 1. The van der Waals surface area contributed by atoms with Crippen LogP contribution in [0.25, 0.3) is 0 Å². The van der Waals surface area contributed by atoms with Crippen molar-refractivity contribution >= 4 is 12.2 Å². The van der Waals surface area contributed by atoms with Crippen LogP contribution in [0, 0.1) is 4.84 Å². The zero-order valence-corrected chi connectivity index (χ0v) is 10.7. The van der Waals surface area contributed by atoms with Gasteiger partial charge in [0.15, 0.2) is 5.76 Å². The van der Waals surface area contributed by atoms with Crippen molar-refractivity contribution in [3.63, 3.8) is 0 Å². The fourth-order valence-corrected chi connectivity index (χ4v) is 1.79. The molecule has 0 unspecified atom stereocenters. The molecule has 0 radical (unpaired) electrons. The second-order valence-corrected chi connectivity index (χ2v) is 4.50. The van der Waals surface area contributed by atoms with Crippen molar-refractivity contribution in [2.75, 3.05) is 0 Å². The van der Waals surface area contributed by atoms with Crippen LogP contribution in [0.1, 0.15) is 31.1 Å². The van der Waals surface area contributed by atoms with Gasteiger partial charge in [0.2, 0.25) is 0 Å². The molecular weight excluding hydrogens is 234 g/mol. The number of oxazole rings is 1. The van der Waals surface area contributed by atoms with Crippen molar-refractivity contribution in [2.45, 2.75) is 26.4 Å². The standard InChI is InChI=1S/C13H15NO2S/c1-9(2)11-5-3-4-6-12(11)15-8-10-7-14-13(17)16-10/h3-7,9H,8H2,1-2H3,(H,14,17). The van der Waals surface area contributed by atoms with Crippen molar-refractivity contribution in [2.24, 2.45) is 0 Å². The van der Waals surface area contributed by atoms with Gasteiger partial charge in [0, 0.05) is 6.20 Å². The van der Waals surface area contributed by atoms with Gasteiger partial charge in [0.25, 0.3) is 4.84 Å². The minimum atomic E-state index is 0.376. The maximum Gasteiger partial charge on any atom is 0.266 e. The number of hydrogen-bond donors (Lipinski definition) is 1. The Bertz CT molecular complexity index is 542. The summed E-state index contributed by atoms with van der Waals surface area (Å²) in [5, 5.41) is 0. The van der Waals surface area contributed by atoms with Crippen LogP contribution in [-0.4, -0.2) is 4.98 Å². The van der Waals surface area contributed by atoms with Gasteiger partial charge >= 0.3 is 0 Å². The van der Waals surface area contributed by atoms with E-state index in [9.17, 15) is 0 Å². The highest BCUT2D eigenvalue weighted by Gasteiger charge is 2.07. The molecule has 1 heterocycles. The lowest BCUT2D eigenvalue weighted by atomic mass is 10.0. The lowest BCUT2D eigenvalue weighted by Gasteiger charge is -2.12. The number of hydrogen-bond acceptors (Lipinski definition) is 3. The van der Waals surface area contributed by atoms with Gasteiger partial charge in [-0.25, -0.2) is 0 Å². The Morgan fingerprint density at radius 1 is 1.35 bits per heavy atom. The van der Waals surface area contributed by atoms with Crippen LogP contribution in [0.4, 0.5) is 0 Å². The Kier molecular flexibility index (Phi) is 3.64. The zero-order valence-electron chi connectivity index (χ0n) is 9.90. The van der Waals surface area contributed by atoms with Crippen molar-refractivity contribution in [3.05, 3.63) is 46.6 Å². The van der Waals surface area contributed by atoms with E-state index in [2.05, 4.69) is 24.9 Å². The molecule has 0 saturated carbocycles. The molecule has 1 aromatic carbocycles. The van der Waals surface area contributed by atoms with Crippen LogP contribution in [0.2, 0.25) is 0 Å². The number of benzene rings is 1. The first-order chi connectivity index (χ1) is 8.16. The maximum atomic E-state index is 5.74. The van der Waals surface area contributed by atoms with Crippen LogP contribution in [0.15, 0.2) is 34.9 Å². The summed E-state index contributed by atoms with van der Waals surface area (Å²) in [6, 6.07) is 8.03. The fourth-order valence-electron chi connectivity index (χ4n) is 1.63. The van der Waals surface area contributed by atoms with E-state index in [4.69, 9.17) is 21.4 Å². The molecule has 1 N–H and O–H groups in total. The molecule has 3 nitrogen and oxygen atoms in total. The third-order valence-corrected chi connectivity index (χ3v) is 2.69. The van der Waals surface area contributed by atoms with Crippen molar-refractivity contribution in [3.8, 4) is 5.75 Å². The molecule has 0 aliphatic rings. The number of H-pyrrole nitrogens is 1.